The lowest BCUT2D eigenvalue weighted by molar-refractivity contribution is -0.137. The zero-order valence-corrected chi connectivity index (χ0v) is 51.8. The van der Waals surface area contributed by atoms with E-state index < -0.39 is 79.7 Å². The Morgan fingerprint density at radius 2 is 0.750 bits per heavy atom. The van der Waals surface area contributed by atoms with Crippen LogP contribution in [0.1, 0.15) is 112 Å². The molecule has 92 heavy (non-hydrogen) atoms. The number of benzene rings is 7. The molecule has 12 aromatic rings. The molecule has 10 nitrogen and oxygen atoms in total. The molecule has 1 aliphatic rings. The fourth-order valence-electron chi connectivity index (χ4n) is 10.2. The molecule has 7 aromatic carbocycles. The number of hydrogen-bond acceptors (Lipinski definition) is 10. The predicted molar refractivity (Wildman–Crippen MR) is 341 cm³/mol. The number of carbonyl (C=O) groups is 5. The molecule has 0 radical (unpaired) electrons. The number of rotatable bonds is 8. The minimum Gasteiger partial charge on any atom is -0.477 e. The third-order valence-corrected chi connectivity index (χ3v) is 20.4. The van der Waals surface area contributed by atoms with E-state index in [1.165, 1.54) is 65.1 Å². The lowest BCUT2D eigenvalue weighted by atomic mass is 9.79. The number of carboxylic acids is 5. The summed E-state index contributed by atoms with van der Waals surface area (Å²) < 4.78 is 132. The van der Waals surface area contributed by atoms with Crippen molar-refractivity contribution in [2.75, 3.05) is 0 Å². The maximum absolute atomic E-state index is 13.1. The molecule has 5 N–H and O–H groups in total. The van der Waals surface area contributed by atoms with E-state index in [2.05, 4.69) is 18.2 Å². The first kappa shape index (κ1) is 67.4. The molecule has 0 unspecified atom stereocenters. The molecule has 0 spiro atoms. The molecule has 0 aliphatic heterocycles. The van der Waals surface area contributed by atoms with Crippen molar-refractivity contribution in [2.45, 2.75) is 64.5 Å². The fraction of sp³-hybridized carbons (Fsp3) is 0.149. The molecule has 1 aliphatic carbocycles. The zero-order chi connectivity index (χ0) is 66.9. The molecule has 5 heterocycles. The average Bonchev–Trinajstić information content (AvgIpc) is 1.80. The van der Waals surface area contributed by atoms with Crippen molar-refractivity contribution >= 4 is 137 Å². The Labute approximate surface area is 534 Å². The summed E-state index contributed by atoms with van der Waals surface area (Å²) in [4.78, 5) is 54.0. The van der Waals surface area contributed by atoms with Gasteiger partial charge in [-0.1, -0.05) is 115 Å². The highest BCUT2D eigenvalue weighted by Gasteiger charge is 2.42. The van der Waals surface area contributed by atoms with Crippen LogP contribution in [0.25, 0.3) is 72.7 Å². The fourth-order valence-corrected chi connectivity index (χ4v) is 15.7. The topological polar surface area (TPSA) is 186 Å². The van der Waals surface area contributed by atoms with Gasteiger partial charge in [-0.3, -0.25) is 0 Å². The summed E-state index contributed by atoms with van der Waals surface area (Å²) in [5.74, 6) is -6.35. The first-order valence-corrected chi connectivity index (χ1v) is 31.3. The Kier molecular flexibility index (Phi) is 19.8. The van der Waals surface area contributed by atoms with Crippen LogP contribution in [0.2, 0.25) is 0 Å². The van der Waals surface area contributed by atoms with Crippen molar-refractivity contribution in [3.8, 4) is 22.3 Å². The number of thiophene rings is 5. The molecule has 0 saturated heterocycles. The second kappa shape index (κ2) is 27.1. The van der Waals surface area contributed by atoms with Crippen molar-refractivity contribution in [1.29, 1.82) is 0 Å². The SMILES string of the molecule is Cc1c(C(=O)O)sc2ccc(-c3ccccc3)cc12.Cc1ccc2c(C(F)(F)F)c(C(=O)O)sc2c1.Cc1ccc2sc(C(=O)O)c(C(F)(F)F)c2c1.O=C(O)c1sc2cc(-c3ccccc3)ccc2c1C(F)(F)F.O=C(O)c1sc2cc(F)ccc2c1C1CCC1. The summed E-state index contributed by atoms with van der Waals surface area (Å²) in [6.45, 7) is 5.28. The van der Waals surface area contributed by atoms with Gasteiger partial charge in [0.2, 0.25) is 0 Å². The molecule has 0 bridgehead atoms. The Balaban J connectivity index is 0.000000136. The molecule has 13 rings (SSSR count). The molecule has 25 heteroatoms. The Hall–Kier alpha value is -9.01. The van der Waals surface area contributed by atoms with E-state index in [-0.39, 0.29) is 22.0 Å². The summed E-state index contributed by atoms with van der Waals surface area (Å²) in [7, 11) is 0. The van der Waals surface area contributed by atoms with Gasteiger partial charge in [0.05, 0.1) is 16.7 Å². The summed E-state index contributed by atoms with van der Waals surface area (Å²) in [6, 6.07) is 43.4. The van der Waals surface area contributed by atoms with Crippen LogP contribution in [-0.4, -0.2) is 55.4 Å². The van der Waals surface area contributed by atoms with Crippen LogP contribution in [0.5, 0.6) is 0 Å². The van der Waals surface area contributed by atoms with Crippen LogP contribution < -0.4 is 0 Å². The maximum atomic E-state index is 13.1. The number of fused-ring (bicyclic) bond motifs is 5. The summed E-state index contributed by atoms with van der Waals surface area (Å²) in [5, 5.41) is 46.8. The van der Waals surface area contributed by atoms with E-state index in [4.69, 9.17) is 20.4 Å². The molecular formula is C67H46F10O10S5. The van der Waals surface area contributed by atoms with Crippen molar-refractivity contribution in [3.05, 3.63) is 221 Å². The van der Waals surface area contributed by atoms with Gasteiger partial charge in [-0.15, -0.1) is 56.7 Å². The quantitative estimate of drug-likeness (QED) is 0.0917. The number of hydrogen-bond donors (Lipinski definition) is 5. The standard InChI is InChI=1S/C16H9F3O2S.C16H12O2S.C13H11FO2S.2C11H7F3O2S/c17-16(18,19)13-11-7-6-10(9-4-2-1-3-5-9)8-12(11)22-14(13)15(20)21;1-10-13-9-12(11-5-3-2-4-6-11)7-8-14(13)19-15(10)16(17)18;14-8-4-5-9-10(6-8)17-12(13(15)16)11(9)7-2-1-3-7;1-5-2-3-7-6(4-5)8(11(12,13)14)9(17-7)10(15)16;1-5-2-3-6-7(4-5)17-9(10(15)16)8(6)11(12,13)14/h1-8H,(H,20,21);2-9H,1H3,(H,17,18);4-7H,1-3H2,(H,15,16);2*2-4H,1H3,(H,15,16). The van der Waals surface area contributed by atoms with Crippen LogP contribution in [0, 0.1) is 26.6 Å². The predicted octanol–water partition coefficient (Wildman–Crippen LogP) is 21.7. The number of halogens is 10. The summed E-state index contributed by atoms with van der Waals surface area (Å²) in [6.07, 6.45) is -10.8. The lowest BCUT2D eigenvalue weighted by Gasteiger charge is -2.25. The van der Waals surface area contributed by atoms with Crippen LogP contribution in [-0.2, 0) is 18.5 Å². The van der Waals surface area contributed by atoms with E-state index in [9.17, 15) is 73.0 Å². The van der Waals surface area contributed by atoms with E-state index in [1.807, 2.05) is 67.6 Å². The molecule has 0 atom stereocenters. The van der Waals surface area contributed by atoms with Crippen LogP contribution >= 0.6 is 56.7 Å². The number of aryl methyl sites for hydroxylation is 3. The van der Waals surface area contributed by atoms with Gasteiger partial charge in [0.15, 0.2) is 0 Å². The van der Waals surface area contributed by atoms with E-state index in [1.54, 1.807) is 44.2 Å². The van der Waals surface area contributed by atoms with Gasteiger partial charge >= 0.3 is 48.4 Å². The van der Waals surface area contributed by atoms with Gasteiger partial charge in [-0.25, -0.2) is 28.4 Å². The number of aromatic carboxylic acids is 5. The molecule has 5 aromatic heterocycles. The average molecular weight is 1360 g/mol. The van der Waals surface area contributed by atoms with Crippen LogP contribution in [0.3, 0.4) is 0 Å². The van der Waals surface area contributed by atoms with Crippen molar-refractivity contribution in [3.63, 3.8) is 0 Å². The number of carboxylic acid groups (broad SMARTS) is 5. The highest BCUT2D eigenvalue weighted by Crippen LogP contribution is 2.48. The second-order valence-corrected chi connectivity index (χ2v) is 26.0. The maximum Gasteiger partial charge on any atom is 0.418 e. The number of alkyl halides is 9. The van der Waals surface area contributed by atoms with Crippen LogP contribution in [0.4, 0.5) is 43.9 Å². The Morgan fingerprint density at radius 1 is 0.370 bits per heavy atom. The lowest BCUT2D eigenvalue weighted by Crippen LogP contribution is -2.11. The molecule has 474 valence electrons. The normalized spacial score (nSPS) is 12.4. The summed E-state index contributed by atoms with van der Waals surface area (Å²) >= 11 is 4.47. The van der Waals surface area contributed by atoms with E-state index in [0.717, 1.165) is 78.4 Å². The van der Waals surface area contributed by atoms with Gasteiger partial charge in [-0.2, -0.15) is 39.5 Å². The van der Waals surface area contributed by atoms with Crippen molar-refractivity contribution in [2.24, 2.45) is 0 Å². The first-order valence-electron chi connectivity index (χ1n) is 27.2. The van der Waals surface area contributed by atoms with Gasteiger partial charge in [0.25, 0.3) is 0 Å². The summed E-state index contributed by atoms with van der Waals surface area (Å²) in [5.41, 5.74) is 3.94. The van der Waals surface area contributed by atoms with Crippen LogP contribution in [0.15, 0.2) is 152 Å². The molecule has 1 fully saturated rings. The Bertz CT molecular complexity index is 4790. The first-order chi connectivity index (χ1) is 43.3. The largest absolute Gasteiger partial charge is 0.477 e. The van der Waals surface area contributed by atoms with E-state index in [0.29, 0.717) is 69.3 Å². The van der Waals surface area contributed by atoms with Gasteiger partial charge in [0, 0.05) is 39.7 Å². The Morgan fingerprint density at radius 3 is 1.24 bits per heavy atom. The zero-order valence-electron chi connectivity index (χ0n) is 47.7. The second-order valence-electron chi connectivity index (χ2n) is 20.8. The minimum absolute atomic E-state index is 0.0418. The molecule has 1 saturated carbocycles. The molecule has 0 amide bonds. The van der Waals surface area contributed by atoms with Crippen molar-refractivity contribution < 1.29 is 93.4 Å². The molecular weight excluding hydrogens is 1320 g/mol. The minimum atomic E-state index is -4.69. The van der Waals surface area contributed by atoms with Gasteiger partial charge in [-0.05, 0) is 138 Å². The highest BCUT2D eigenvalue weighted by molar-refractivity contribution is 7.22. The smallest absolute Gasteiger partial charge is 0.418 e. The van der Waals surface area contributed by atoms with E-state index >= 15 is 0 Å². The third kappa shape index (κ3) is 14.7. The highest BCUT2D eigenvalue weighted by atomic mass is 32.1. The monoisotopic (exact) mass is 1360 g/mol. The van der Waals surface area contributed by atoms with Gasteiger partial charge in [0.1, 0.15) is 30.2 Å². The van der Waals surface area contributed by atoms with Gasteiger partial charge < -0.3 is 25.5 Å². The third-order valence-electron chi connectivity index (χ3n) is 14.6. The van der Waals surface area contributed by atoms with Crippen molar-refractivity contribution in [1.82, 2.24) is 0 Å².